The van der Waals surface area contributed by atoms with Gasteiger partial charge < -0.3 is 10.3 Å². The fourth-order valence-electron chi connectivity index (χ4n) is 2.19. The third kappa shape index (κ3) is 3.76. The van der Waals surface area contributed by atoms with E-state index in [1.807, 2.05) is 0 Å². The number of nitrogens with zero attached hydrogens (tertiary/aromatic N) is 1. The Kier molecular flexibility index (Phi) is 4.76. The molecule has 1 heterocycles. The first-order valence-electron chi connectivity index (χ1n) is 7.22. The summed E-state index contributed by atoms with van der Waals surface area (Å²) in [7, 11) is 0. The van der Waals surface area contributed by atoms with Crippen LogP contribution in [0.15, 0.2) is 23.4 Å². The van der Waals surface area contributed by atoms with Crippen LogP contribution in [0.5, 0.6) is 0 Å². The van der Waals surface area contributed by atoms with Gasteiger partial charge in [0.05, 0.1) is 11.0 Å². The zero-order valence-corrected chi connectivity index (χ0v) is 13.9. The molecule has 0 saturated heterocycles. The predicted molar refractivity (Wildman–Crippen MR) is 88.5 cm³/mol. The number of hydrogen-bond acceptors (Lipinski definition) is 3. The maximum absolute atomic E-state index is 4.65. The molecule has 0 fully saturated rings. The molecule has 0 aliphatic heterocycles. The summed E-state index contributed by atoms with van der Waals surface area (Å²) in [6.07, 6.45) is 0. The van der Waals surface area contributed by atoms with E-state index in [2.05, 4.69) is 68.1 Å². The van der Waals surface area contributed by atoms with E-state index in [-0.39, 0.29) is 5.41 Å². The van der Waals surface area contributed by atoms with Gasteiger partial charge in [0, 0.05) is 11.8 Å². The molecule has 1 unspecified atom stereocenters. The molecule has 0 saturated carbocycles. The third-order valence-electron chi connectivity index (χ3n) is 3.50. The van der Waals surface area contributed by atoms with E-state index in [0.29, 0.717) is 6.04 Å². The fourth-order valence-corrected chi connectivity index (χ4v) is 3.48. The van der Waals surface area contributed by atoms with Crippen LogP contribution in [0.3, 0.4) is 0 Å². The van der Waals surface area contributed by atoms with E-state index in [4.69, 9.17) is 0 Å². The molecule has 2 aromatic rings. The van der Waals surface area contributed by atoms with Crippen molar-refractivity contribution in [3.8, 4) is 0 Å². The van der Waals surface area contributed by atoms with Crippen LogP contribution in [0.4, 0.5) is 0 Å². The van der Waals surface area contributed by atoms with E-state index >= 15 is 0 Å². The maximum Gasteiger partial charge on any atom is 0.166 e. The number of benzene rings is 1. The molecule has 4 heteroatoms. The average Bonchev–Trinajstić information content (AvgIpc) is 2.74. The lowest BCUT2D eigenvalue weighted by molar-refractivity contribution is 0.295. The summed E-state index contributed by atoms with van der Waals surface area (Å²) in [5.74, 6) is 1.02. The zero-order chi connectivity index (χ0) is 14.8. The predicted octanol–water partition coefficient (Wildman–Crippen LogP) is 3.99. The monoisotopic (exact) mass is 291 g/mol. The van der Waals surface area contributed by atoms with Crippen molar-refractivity contribution in [2.24, 2.45) is 5.41 Å². The van der Waals surface area contributed by atoms with E-state index in [9.17, 15) is 0 Å². The molecule has 2 N–H and O–H groups in total. The average molecular weight is 291 g/mol. The molecule has 2 rings (SSSR count). The quantitative estimate of drug-likeness (QED) is 0.818. The van der Waals surface area contributed by atoms with Gasteiger partial charge in [-0.05, 0) is 36.6 Å². The molecule has 110 valence electrons. The highest BCUT2D eigenvalue weighted by Crippen LogP contribution is 2.26. The zero-order valence-electron chi connectivity index (χ0n) is 13.1. The van der Waals surface area contributed by atoms with Gasteiger partial charge in [-0.15, -0.1) is 0 Å². The molecule has 20 heavy (non-hydrogen) atoms. The first-order valence-corrected chi connectivity index (χ1v) is 8.21. The van der Waals surface area contributed by atoms with Gasteiger partial charge in [-0.3, -0.25) is 0 Å². The molecule has 0 aliphatic rings. The number of imidazole rings is 1. The molecule has 0 spiro atoms. The molecule has 0 amide bonds. The number of hydrogen-bond donors (Lipinski definition) is 2. The van der Waals surface area contributed by atoms with Crippen LogP contribution in [0.2, 0.25) is 0 Å². The van der Waals surface area contributed by atoms with Crippen LogP contribution in [0.25, 0.3) is 11.0 Å². The Labute approximate surface area is 125 Å². The number of aromatic nitrogens is 2. The van der Waals surface area contributed by atoms with Crippen LogP contribution in [0.1, 0.15) is 33.3 Å². The van der Waals surface area contributed by atoms with Gasteiger partial charge in [0.25, 0.3) is 0 Å². The minimum atomic E-state index is 0.256. The van der Waals surface area contributed by atoms with E-state index in [0.717, 1.165) is 28.5 Å². The highest BCUT2D eigenvalue weighted by Gasteiger charge is 2.24. The smallest absolute Gasteiger partial charge is 0.166 e. The second-order valence-electron chi connectivity index (χ2n) is 6.35. The summed E-state index contributed by atoms with van der Waals surface area (Å²) in [5, 5.41) is 4.58. The molecule has 1 aromatic heterocycles. The number of aryl methyl sites for hydroxylation is 1. The lowest BCUT2D eigenvalue weighted by Gasteiger charge is -2.30. The van der Waals surface area contributed by atoms with Crippen LogP contribution in [-0.4, -0.2) is 28.3 Å². The summed E-state index contributed by atoms with van der Waals surface area (Å²) in [5.41, 5.74) is 3.70. The molecular formula is C16H25N3S. The number of rotatable bonds is 5. The molecule has 1 aromatic carbocycles. The topological polar surface area (TPSA) is 40.7 Å². The van der Waals surface area contributed by atoms with Crippen LogP contribution in [0, 0.1) is 12.3 Å². The summed E-state index contributed by atoms with van der Waals surface area (Å²) in [6, 6.07) is 6.82. The standard InChI is InChI=1S/C16H25N3S/c1-6-17-14(16(3,4)5)10-20-15-18-12-8-7-11(2)9-13(12)19-15/h7-9,14,17H,6,10H2,1-5H3,(H,18,19). The summed E-state index contributed by atoms with van der Waals surface area (Å²) in [6.45, 7) is 12.1. The number of thioether (sulfide) groups is 1. The first kappa shape index (κ1) is 15.4. The van der Waals surface area contributed by atoms with Crippen molar-refractivity contribution < 1.29 is 0 Å². The summed E-state index contributed by atoms with van der Waals surface area (Å²) < 4.78 is 0. The Morgan fingerprint density at radius 1 is 1.35 bits per heavy atom. The van der Waals surface area contributed by atoms with Gasteiger partial charge in [-0.2, -0.15) is 0 Å². The SMILES string of the molecule is CCNC(CSc1nc2ccc(C)cc2[nH]1)C(C)(C)C. The highest BCUT2D eigenvalue weighted by atomic mass is 32.2. The van der Waals surface area contributed by atoms with Gasteiger partial charge in [0.2, 0.25) is 0 Å². The van der Waals surface area contributed by atoms with E-state index < -0.39 is 0 Å². The molecule has 0 bridgehead atoms. The van der Waals surface area contributed by atoms with E-state index in [1.165, 1.54) is 5.56 Å². The second-order valence-corrected chi connectivity index (χ2v) is 7.36. The van der Waals surface area contributed by atoms with Gasteiger partial charge in [0.1, 0.15) is 0 Å². The molecular weight excluding hydrogens is 266 g/mol. The Bertz CT molecular complexity index is 569. The van der Waals surface area contributed by atoms with Crippen molar-refractivity contribution >= 4 is 22.8 Å². The Balaban J connectivity index is 2.07. The van der Waals surface area contributed by atoms with Gasteiger partial charge in [0.15, 0.2) is 5.16 Å². The highest BCUT2D eigenvalue weighted by molar-refractivity contribution is 7.99. The minimum absolute atomic E-state index is 0.256. The summed E-state index contributed by atoms with van der Waals surface area (Å²) in [4.78, 5) is 8.06. The molecule has 3 nitrogen and oxygen atoms in total. The molecule has 0 aliphatic carbocycles. The maximum atomic E-state index is 4.65. The molecule has 0 radical (unpaired) electrons. The normalized spacial score (nSPS) is 13.8. The second kappa shape index (κ2) is 6.19. The Morgan fingerprint density at radius 2 is 2.10 bits per heavy atom. The van der Waals surface area contributed by atoms with Crippen LogP contribution < -0.4 is 5.32 Å². The summed E-state index contributed by atoms with van der Waals surface area (Å²) >= 11 is 1.80. The van der Waals surface area contributed by atoms with Gasteiger partial charge >= 0.3 is 0 Å². The lowest BCUT2D eigenvalue weighted by atomic mass is 9.88. The van der Waals surface area contributed by atoms with Crippen LogP contribution in [-0.2, 0) is 0 Å². The van der Waals surface area contributed by atoms with Crippen molar-refractivity contribution in [1.82, 2.24) is 15.3 Å². The number of fused-ring (bicyclic) bond motifs is 1. The third-order valence-corrected chi connectivity index (χ3v) is 4.47. The Morgan fingerprint density at radius 3 is 2.75 bits per heavy atom. The minimum Gasteiger partial charge on any atom is -0.333 e. The van der Waals surface area contributed by atoms with Gasteiger partial charge in [-0.25, -0.2) is 4.98 Å². The number of aromatic amines is 1. The van der Waals surface area contributed by atoms with Gasteiger partial charge in [-0.1, -0.05) is 45.5 Å². The van der Waals surface area contributed by atoms with Crippen molar-refractivity contribution in [2.75, 3.05) is 12.3 Å². The Hall–Kier alpha value is -1.00. The van der Waals surface area contributed by atoms with Crippen molar-refractivity contribution in [2.45, 2.75) is 45.8 Å². The molecule has 1 atom stereocenters. The fraction of sp³-hybridized carbons (Fsp3) is 0.562. The number of H-pyrrole nitrogens is 1. The van der Waals surface area contributed by atoms with Crippen molar-refractivity contribution in [3.63, 3.8) is 0 Å². The number of nitrogens with one attached hydrogen (secondary N) is 2. The largest absolute Gasteiger partial charge is 0.333 e. The first-order chi connectivity index (χ1) is 9.40. The lowest BCUT2D eigenvalue weighted by Crippen LogP contribution is -2.42. The van der Waals surface area contributed by atoms with Crippen molar-refractivity contribution in [1.29, 1.82) is 0 Å². The van der Waals surface area contributed by atoms with Crippen molar-refractivity contribution in [3.05, 3.63) is 23.8 Å². The van der Waals surface area contributed by atoms with E-state index in [1.54, 1.807) is 11.8 Å². The van der Waals surface area contributed by atoms with Crippen LogP contribution >= 0.6 is 11.8 Å².